The molecule has 90 valence electrons. The van der Waals surface area contributed by atoms with Gasteiger partial charge in [-0.3, -0.25) is 4.98 Å². The Morgan fingerprint density at radius 3 is 2.62 bits per heavy atom. The molecule has 1 heterocycles. The monoisotopic (exact) mass is 222 g/mol. The van der Waals surface area contributed by atoms with E-state index in [2.05, 4.69) is 30.8 Å². The summed E-state index contributed by atoms with van der Waals surface area (Å²) in [5.41, 5.74) is 1.07. The number of aliphatic hydroxyl groups is 1. The van der Waals surface area contributed by atoms with E-state index in [1.807, 2.05) is 24.4 Å². The summed E-state index contributed by atoms with van der Waals surface area (Å²) in [6.45, 7) is 6.30. The normalized spacial score (nSPS) is 13.4. The summed E-state index contributed by atoms with van der Waals surface area (Å²) in [6, 6.07) is 5.95. The largest absolute Gasteiger partial charge is 0.396 e. The number of nitrogens with zero attached hydrogens (tertiary/aromatic N) is 2. The molecule has 1 rings (SSSR count). The Hall–Kier alpha value is -0.930. The van der Waals surface area contributed by atoms with E-state index >= 15 is 0 Å². The Bertz CT molecular complexity index is 287. The third-order valence-electron chi connectivity index (χ3n) is 2.88. The summed E-state index contributed by atoms with van der Waals surface area (Å²) in [6.07, 6.45) is 1.81. The van der Waals surface area contributed by atoms with Crippen molar-refractivity contribution in [3.05, 3.63) is 30.1 Å². The number of hydrogen-bond acceptors (Lipinski definition) is 3. The molecule has 16 heavy (non-hydrogen) atoms. The van der Waals surface area contributed by atoms with Gasteiger partial charge in [0, 0.05) is 25.9 Å². The van der Waals surface area contributed by atoms with E-state index in [0.717, 1.165) is 18.8 Å². The highest BCUT2D eigenvalue weighted by Gasteiger charge is 2.14. The first-order valence-corrected chi connectivity index (χ1v) is 5.82. The van der Waals surface area contributed by atoms with Crippen LogP contribution in [-0.2, 0) is 6.54 Å². The number of hydrogen-bond donors (Lipinski definition) is 1. The van der Waals surface area contributed by atoms with E-state index in [1.54, 1.807) is 0 Å². The van der Waals surface area contributed by atoms with Crippen LogP contribution in [0.25, 0.3) is 0 Å². The van der Waals surface area contributed by atoms with Crippen LogP contribution in [0.2, 0.25) is 0 Å². The van der Waals surface area contributed by atoms with Gasteiger partial charge in [-0.1, -0.05) is 19.9 Å². The lowest BCUT2D eigenvalue weighted by molar-refractivity contribution is 0.143. The topological polar surface area (TPSA) is 36.4 Å². The van der Waals surface area contributed by atoms with Gasteiger partial charge in [0.2, 0.25) is 0 Å². The number of rotatable bonds is 6. The molecule has 0 fully saturated rings. The van der Waals surface area contributed by atoms with Crippen molar-refractivity contribution in [2.24, 2.45) is 11.8 Å². The van der Waals surface area contributed by atoms with Crippen LogP contribution in [0.5, 0.6) is 0 Å². The van der Waals surface area contributed by atoms with E-state index in [0.29, 0.717) is 11.8 Å². The van der Waals surface area contributed by atoms with Crippen molar-refractivity contribution in [3.8, 4) is 0 Å². The fraction of sp³-hybridized carbons (Fsp3) is 0.615. The van der Waals surface area contributed by atoms with Crippen molar-refractivity contribution >= 4 is 0 Å². The minimum atomic E-state index is 0.254. The lowest BCUT2D eigenvalue weighted by Crippen LogP contribution is -2.30. The maximum atomic E-state index is 9.27. The van der Waals surface area contributed by atoms with Gasteiger partial charge in [0.15, 0.2) is 0 Å². The van der Waals surface area contributed by atoms with Gasteiger partial charge in [0.05, 0.1) is 5.69 Å². The highest BCUT2D eigenvalue weighted by Crippen LogP contribution is 2.12. The Balaban J connectivity index is 2.44. The molecule has 0 aliphatic carbocycles. The van der Waals surface area contributed by atoms with Crippen LogP contribution >= 0.6 is 0 Å². The van der Waals surface area contributed by atoms with Gasteiger partial charge in [-0.05, 0) is 31.0 Å². The molecule has 1 N–H and O–H groups in total. The van der Waals surface area contributed by atoms with Gasteiger partial charge in [-0.15, -0.1) is 0 Å². The van der Waals surface area contributed by atoms with Crippen molar-refractivity contribution in [1.29, 1.82) is 0 Å². The fourth-order valence-corrected chi connectivity index (χ4v) is 1.71. The van der Waals surface area contributed by atoms with E-state index in [1.165, 1.54) is 0 Å². The summed E-state index contributed by atoms with van der Waals surface area (Å²) in [5, 5.41) is 9.27. The highest BCUT2D eigenvalue weighted by molar-refractivity contribution is 5.03. The van der Waals surface area contributed by atoms with Crippen molar-refractivity contribution in [2.75, 3.05) is 20.2 Å². The molecule has 3 nitrogen and oxygen atoms in total. The average Bonchev–Trinajstić information content (AvgIpc) is 2.27. The summed E-state index contributed by atoms with van der Waals surface area (Å²) in [7, 11) is 2.07. The van der Waals surface area contributed by atoms with Crippen LogP contribution in [0.4, 0.5) is 0 Å². The van der Waals surface area contributed by atoms with Crippen LogP contribution < -0.4 is 0 Å². The lowest BCUT2D eigenvalue weighted by Gasteiger charge is -2.24. The standard InChI is InChI=1S/C13H22N2O/c1-11(2)12(10-16)8-15(3)9-13-6-4-5-7-14-13/h4-7,11-12,16H,8-10H2,1-3H3. The second kappa shape index (κ2) is 6.61. The van der Waals surface area contributed by atoms with Gasteiger partial charge in [0.25, 0.3) is 0 Å². The Morgan fingerprint density at radius 2 is 2.12 bits per heavy atom. The fourth-order valence-electron chi connectivity index (χ4n) is 1.71. The quantitative estimate of drug-likeness (QED) is 0.797. The van der Waals surface area contributed by atoms with Crippen LogP contribution in [0.3, 0.4) is 0 Å². The van der Waals surface area contributed by atoms with Gasteiger partial charge in [0.1, 0.15) is 0 Å². The molecule has 0 aliphatic heterocycles. The molecule has 0 saturated heterocycles. The Morgan fingerprint density at radius 1 is 1.38 bits per heavy atom. The number of pyridine rings is 1. The van der Waals surface area contributed by atoms with E-state index in [-0.39, 0.29) is 6.61 Å². The molecule has 0 saturated carbocycles. The molecule has 3 heteroatoms. The third-order valence-corrected chi connectivity index (χ3v) is 2.88. The molecule has 1 aromatic rings. The summed E-state index contributed by atoms with van der Waals surface area (Å²) in [4.78, 5) is 6.50. The van der Waals surface area contributed by atoms with Gasteiger partial charge < -0.3 is 10.0 Å². The molecule has 0 spiro atoms. The molecule has 0 aliphatic rings. The van der Waals surface area contributed by atoms with Gasteiger partial charge >= 0.3 is 0 Å². The van der Waals surface area contributed by atoms with Gasteiger partial charge in [-0.25, -0.2) is 0 Å². The molecule has 0 bridgehead atoms. The molecule has 0 aromatic carbocycles. The van der Waals surface area contributed by atoms with E-state index in [9.17, 15) is 5.11 Å². The lowest BCUT2D eigenvalue weighted by atomic mass is 9.96. The Kier molecular flexibility index (Phi) is 5.43. The molecule has 1 aromatic heterocycles. The first kappa shape index (κ1) is 13.1. The van der Waals surface area contributed by atoms with Gasteiger partial charge in [-0.2, -0.15) is 0 Å². The summed E-state index contributed by atoms with van der Waals surface area (Å²) in [5.74, 6) is 0.852. The highest BCUT2D eigenvalue weighted by atomic mass is 16.3. The first-order chi connectivity index (χ1) is 7.63. The van der Waals surface area contributed by atoms with Crippen molar-refractivity contribution < 1.29 is 5.11 Å². The molecular weight excluding hydrogens is 200 g/mol. The smallest absolute Gasteiger partial charge is 0.0543 e. The van der Waals surface area contributed by atoms with Crippen LogP contribution in [0, 0.1) is 11.8 Å². The zero-order chi connectivity index (χ0) is 12.0. The summed E-state index contributed by atoms with van der Waals surface area (Å²) < 4.78 is 0. The van der Waals surface area contributed by atoms with Crippen molar-refractivity contribution in [3.63, 3.8) is 0 Å². The SMILES string of the molecule is CC(C)C(CO)CN(C)Cc1ccccn1. The zero-order valence-electron chi connectivity index (χ0n) is 10.4. The maximum Gasteiger partial charge on any atom is 0.0543 e. The maximum absolute atomic E-state index is 9.27. The van der Waals surface area contributed by atoms with Crippen molar-refractivity contribution in [1.82, 2.24) is 9.88 Å². The summed E-state index contributed by atoms with van der Waals surface area (Å²) >= 11 is 0. The van der Waals surface area contributed by atoms with Crippen molar-refractivity contribution in [2.45, 2.75) is 20.4 Å². The average molecular weight is 222 g/mol. The number of aliphatic hydroxyl groups excluding tert-OH is 1. The van der Waals surface area contributed by atoms with Crippen LogP contribution in [0.15, 0.2) is 24.4 Å². The first-order valence-electron chi connectivity index (χ1n) is 5.82. The molecular formula is C13H22N2O. The molecule has 0 amide bonds. The third kappa shape index (κ3) is 4.29. The van der Waals surface area contributed by atoms with Crippen LogP contribution in [-0.4, -0.2) is 35.2 Å². The number of aromatic nitrogens is 1. The molecule has 1 atom stereocenters. The van der Waals surface area contributed by atoms with E-state index < -0.39 is 0 Å². The second-order valence-electron chi connectivity index (χ2n) is 4.70. The predicted octanol–water partition coefficient (Wildman–Crippen LogP) is 1.78. The Labute approximate surface area is 98.1 Å². The molecule has 1 unspecified atom stereocenters. The second-order valence-corrected chi connectivity index (χ2v) is 4.70. The minimum absolute atomic E-state index is 0.254. The minimum Gasteiger partial charge on any atom is -0.396 e. The zero-order valence-corrected chi connectivity index (χ0v) is 10.4. The van der Waals surface area contributed by atoms with E-state index in [4.69, 9.17) is 0 Å². The predicted molar refractivity (Wildman–Crippen MR) is 66.0 cm³/mol. The molecule has 0 radical (unpaired) electrons. The van der Waals surface area contributed by atoms with Crippen LogP contribution in [0.1, 0.15) is 19.5 Å².